The predicted octanol–water partition coefficient (Wildman–Crippen LogP) is 1.81. The van der Waals surface area contributed by atoms with Crippen LogP contribution in [0.2, 0.25) is 0 Å². The molecule has 1 saturated heterocycles. The number of amides is 1. The minimum absolute atomic E-state index is 0.0683. The van der Waals surface area contributed by atoms with Crippen LogP contribution >= 0.6 is 0 Å². The van der Waals surface area contributed by atoms with E-state index >= 15 is 0 Å². The first kappa shape index (κ1) is 23.7. The third-order valence-corrected chi connectivity index (χ3v) is 8.26. The summed E-state index contributed by atoms with van der Waals surface area (Å²) in [4.78, 5) is 28.2. The van der Waals surface area contributed by atoms with E-state index in [1.54, 1.807) is 4.90 Å². The quantitative estimate of drug-likeness (QED) is 0.572. The fourth-order valence-electron chi connectivity index (χ4n) is 4.82. The number of carbonyl (C=O) groups excluding carboxylic acids is 2. The summed E-state index contributed by atoms with van der Waals surface area (Å²) in [5, 5.41) is 2.86. The van der Waals surface area contributed by atoms with Crippen molar-refractivity contribution in [2.24, 2.45) is 22.2 Å². The summed E-state index contributed by atoms with van der Waals surface area (Å²) in [6.07, 6.45) is 4.02. The van der Waals surface area contributed by atoms with Crippen molar-refractivity contribution in [3.05, 3.63) is 18.2 Å². The Balaban J connectivity index is 1.69. The number of nitrogens with one attached hydrogen (secondary N) is 2. The van der Waals surface area contributed by atoms with Gasteiger partial charge in [-0.15, -0.1) is 4.40 Å². The molecule has 0 aromatic heterocycles. The smallest absolute Gasteiger partial charge is 0.286 e. The van der Waals surface area contributed by atoms with Gasteiger partial charge in [-0.25, -0.2) is 8.42 Å². The van der Waals surface area contributed by atoms with Crippen LogP contribution in [0.4, 0.5) is 11.4 Å². The molecule has 0 radical (unpaired) electrons. The molecule has 2 heterocycles. The number of sulfonamides is 2. The highest BCUT2D eigenvalue weighted by Gasteiger charge is 2.52. The van der Waals surface area contributed by atoms with Crippen molar-refractivity contribution in [3.63, 3.8) is 0 Å². The number of piperidine rings is 1. The summed E-state index contributed by atoms with van der Waals surface area (Å²) in [6, 6.07) is 3.81. The van der Waals surface area contributed by atoms with Gasteiger partial charge in [0.2, 0.25) is 15.9 Å². The van der Waals surface area contributed by atoms with Crippen LogP contribution in [0.5, 0.6) is 0 Å². The number of likely N-dealkylation sites (tertiary alicyclic amines) is 1. The Morgan fingerprint density at radius 3 is 2.64 bits per heavy atom. The SMILES string of the molecule is CC(C)CCN1C(=O)C(C2=NS(=O)(=O)c3cc(NS(C)(=O)=O)ccc3N2)C(=O)[C@H]2CCC[C@H]21. The van der Waals surface area contributed by atoms with Crippen LogP contribution in [0.1, 0.15) is 39.5 Å². The highest BCUT2D eigenvalue weighted by Crippen LogP contribution is 2.40. The molecule has 2 aliphatic heterocycles. The molecule has 3 atom stereocenters. The zero-order valence-electron chi connectivity index (χ0n) is 18.7. The molecule has 0 bridgehead atoms. The first-order valence-electron chi connectivity index (χ1n) is 11.0. The molecule has 1 aromatic rings. The van der Waals surface area contributed by atoms with Crippen LogP contribution in [0, 0.1) is 17.8 Å². The van der Waals surface area contributed by atoms with E-state index in [9.17, 15) is 26.4 Å². The van der Waals surface area contributed by atoms with Gasteiger partial charge in [0, 0.05) is 24.2 Å². The fourth-order valence-corrected chi connectivity index (χ4v) is 6.55. The number of rotatable bonds is 6. The summed E-state index contributed by atoms with van der Waals surface area (Å²) in [5.41, 5.74) is 0.209. The van der Waals surface area contributed by atoms with Crippen molar-refractivity contribution in [1.29, 1.82) is 0 Å². The molecule has 3 aliphatic rings. The van der Waals surface area contributed by atoms with Gasteiger partial charge in [0.1, 0.15) is 10.7 Å². The van der Waals surface area contributed by atoms with Gasteiger partial charge in [-0.2, -0.15) is 8.42 Å². The largest absolute Gasteiger partial charge is 0.341 e. The van der Waals surface area contributed by atoms with E-state index in [2.05, 4.69) is 28.3 Å². The topological polar surface area (TPSA) is 142 Å². The number of amidine groups is 1. The Morgan fingerprint density at radius 1 is 1.24 bits per heavy atom. The number of carbonyl (C=O) groups is 2. The van der Waals surface area contributed by atoms with Crippen LogP contribution in [-0.4, -0.2) is 58.1 Å². The molecule has 2 fully saturated rings. The molecule has 12 heteroatoms. The Labute approximate surface area is 193 Å². The average Bonchev–Trinajstić information content (AvgIpc) is 3.16. The van der Waals surface area contributed by atoms with Crippen molar-refractivity contribution in [2.75, 3.05) is 22.8 Å². The third-order valence-electron chi connectivity index (χ3n) is 6.32. The molecule has 10 nitrogen and oxygen atoms in total. The number of Topliss-reactive ketones (excluding diaryl/α,β-unsaturated/α-hetero) is 1. The van der Waals surface area contributed by atoms with Crippen LogP contribution < -0.4 is 10.0 Å². The molecule has 33 heavy (non-hydrogen) atoms. The van der Waals surface area contributed by atoms with Crippen molar-refractivity contribution in [3.8, 4) is 0 Å². The molecule has 2 N–H and O–H groups in total. The highest BCUT2D eigenvalue weighted by atomic mass is 32.2. The standard InChI is InChI=1S/C21H28N4O6S2/c1-12(2)9-10-25-16-6-4-5-14(16)19(26)18(21(25)27)20-22-15-8-7-13(23-32(3,28)29)11-17(15)33(30,31)24-20/h7-8,11-12,14,16,18,23H,4-6,9-10H2,1-3H3,(H,22,24)/t14-,16+,18?/m0/s1. The summed E-state index contributed by atoms with van der Waals surface area (Å²) in [6.45, 7) is 4.64. The molecule has 4 rings (SSSR count). The number of hydrogen-bond acceptors (Lipinski definition) is 7. The zero-order chi connectivity index (χ0) is 24.1. The molecule has 1 aliphatic carbocycles. The molecule has 1 amide bonds. The van der Waals surface area contributed by atoms with Crippen molar-refractivity contribution >= 4 is 48.9 Å². The van der Waals surface area contributed by atoms with Crippen molar-refractivity contribution < 1.29 is 26.4 Å². The van der Waals surface area contributed by atoms with Crippen LogP contribution in [0.25, 0.3) is 0 Å². The number of ketones is 1. The lowest BCUT2D eigenvalue weighted by Gasteiger charge is -2.41. The molecule has 1 aromatic carbocycles. The lowest BCUT2D eigenvalue weighted by molar-refractivity contribution is -0.149. The number of hydrogen-bond donors (Lipinski definition) is 2. The maximum absolute atomic E-state index is 13.4. The molecular formula is C21H28N4O6S2. The van der Waals surface area contributed by atoms with Gasteiger partial charge in [0.15, 0.2) is 11.7 Å². The molecule has 0 spiro atoms. The lowest BCUT2D eigenvalue weighted by atomic mass is 9.81. The normalized spacial score (nSPS) is 26.5. The Hall–Kier alpha value is -2.47. The maximum Gasteiger partial charge on any atom is 0.286 e. The molecule has 180 valence electrons. The van der Waals surface area contributed by atoms with E-state index in [-0.39, 0.29) is 39.8 Å². The van der Waals surface area contributed by atoms with E-state index in [1.807, 2.05) is 0 Å². The highest BCUT2D eigenvalue weighted by molar-refractivity contribution is 7.92. The number of benzene rings is 1. The van der Waals surface area contributed by atoms with Gasteiger partial charge in [0.05, 0.1) is 11.9 Å². The fraction of sp³-hybridized carbons (Fsp3) is 0.571. The van der Waals surface area contributed by atoms with Gasteiger partial charge in [-0.1, -0.05) is 20.3 Å². The lowest BCUT2D eigenvalue weighted by Crippen LogP contribution is -2.59. The van der Waals surface area contributed by atoms with Gasteiger partial charge < -0.3 is 10.2 Å². The molecule has 1 unspecified atom stereocenters. The minimum Gasteiger partial charge on any atom is -0.341 e. The van der Waals surface area contributed by atoms with E-state index in [1.165, 1.54) is 12.1 Å². The second-order valence-corrected chi connectivity index (χ2v) is 12.6. The third kappa shape index (κ3) is 4.63. The van der Waals surface area contributed by atoms with Gasteiger partial charge in [0.25, 0.3) is 10.0 Å². The van der Waals surface area contributed by atoms with Gasteiger partial charge in [-0.3, -0.25) is 14.3 Å². The maximum atomic E-state index is 13.4. The minimum atomic E-state index is -4.26. The van der Waals surface area contributed by atoms with E-state index in [4.69, 9.17) is 0 Å². The van der Waals surface area contributed by atoms with E-state index < -0.39 is 31.9 Å². The molecular weight excluding hydrogens is 468 g/mol. The summed E-state index contributed by atoms with van der Waals surface area (Å²) in [5.74, 6) is -2.14. The van der Waals surface area contributed by atoms with Gasteiger partial charge in [-0.05, 0) is 43.4 Å². The van der Waals surface area contributed by atoms with Crippen LogP contribution in [-0.2, 0) is 29.6 Å². The monoisotopic (exact) mass is 496 g/mol. The van der Waals surface area contributed by atoms with Crippen LogP contribution in [0.15, 0.2) is 27.5 Å². The van der Waals surface area contributed by atoms with Crippen molar-refractivity contribution in [1.82, 2.24) is 4.90 Å². The number of nitrogens with zero attached hydrogens (tertiary/aromatic N) is 2. The zero-order valence-corrected chi connectivity index (χ0v) is 20.4. The van der Waals surface area contributed by atoms with Crippen LogP contribution in [0.3, 0.4) is 0 Å². The van der Waals surface area contributed by atoms with Gasteiger partial charge >= 0.3 is 0 Å². The summed E-state index contributed by atoms with van der Waals surface area (Å²) >= 11 is 0. The second-order valence-electron chi connectivity index (χ2n) is 9.32. The number of anilines is 2. The average molecular weight is 497 g/mol. The van der Waals surface area contributed by atoms with Crippen molar-refractivity contribution in [2.45, 2.75) is 50.5 Å². The van der Waals surface area contributed by atoms with E-state index in [0.29, 0.717) is 18.9 Å². The predicted molar refractivity (Wildman–Crippen MR) is 124 cm³/mol. The first-order chi connectivity index (χ1) is 15.4. The van der Waals surface area contributed by atoms with E-state index in [0.717, 1.165) is 31.6 Å². The Morgan fingerprint density at radius 2 is 1.97 bits per heavy atom. The summed E-state index contributed by atoms with van der Waals surface area (Å²) in [7, 11) is -7.87. The summed E-state index contributed by atoms with van der Waals surface area (Å²) < 4.78 is 54.9. The molecule has 1 saturated carbocycles. The second kappa shape index (κ2) is 8.39. The first-order valence-corrected chi connectivity index (χ1v) is 14.3. The Kier molecular flexibility index (Phi) is 6.02. The number of fused-ring (bicyclic) bond motifs is 2. The Bertz CT molecular complexity index is 1240.